The molecule has 0 fully saturated rings. The van der Waals surface area contributed by atoms with Crippen molar-refractivity contribution in [3.63, 3.8) is 0 Å². The Balaban J connectivity index is 1.39. The number of hydrazone groups is 1. The summed E-state index contributed by atoms with van der Waals surface area (Å²) in [6.45, 7) is -0.194. The van der Waals surface area contributed by atoms with Crippen molar-refractivity contribution < 1.29 is 18.4 Å². The highest BCUT2D eigenvalue weighted by Gasteiger charge is 2.36. The van der Waals surface area contributed by atoms with E-state index in [1.54, 1.807) is 36.6 Å². The SMILES string of the molecule is N#Cc1ccc(OCC(=O)N2N=C(c3cc4ccccc4o3)CC2c2ccco2)cc1. The number of nitriles is 1. The number of hydrogen-bond donors (Lipinski definition) is 0. The summed E-state index contributed by atoms with van der Waals surface area (Å²) in [5, 5.41) is 15.8. The lowest BCUT2D eigenvalue weighted by atomic mass is 10.1. The van der Waals surface area contributed by atoms with E-state index in [1.165, 1.54) is 5.01 Å². The van der Waals surface area contributed by atoms with E-state index >= 15 is 0 Å². The Morgan fingerprint density at radius 1 is 1.16 bits per heavy atom. The molecule has 152 valence electrons. The predicted octanol–water partition coefficient (Wildman–Crippen LogP) is 4.65. The normalized spacial score (nSPS) is 15.6. The van der Waals surface area contributed by atoms with Gasteiger partial charge in [-0.05, 0) is 48.5 Å². The molecular weight excluding hydrogens is 394 g/mol. The minimum atomic E-state index is -0.379. The van der Waals surface area contributed by atoms with E-state index in [2.05, 4.69) is 5.10 Å². The summed E-state index contributed by atoms with van der Waals surface area (Å²) in [7, 11) is 0. The van der Waals surface area contributed by atoms with Crippen LogP contribution in [0.15, 0.2) is 86.9 Å². The second-order valence-electron chi connectivity index (χ2n) is 7.09. The molecule has 2 aromatic heterocycles. The minimum absolute atomic E-state index is 0.194. The molecule has 2 aromatic carbocycles. The molecule has 7 heteroatoms. The molecule has 1 atom stereocenters. The fourth-order valence-electron chi connectivity index (χ4n) is 3.55. The summed E-state index contributed by atoms with van der Waals surface area (Å²) in [5.41, 5.74) is 1.96. The fraction of sp³-hybridized carbons (Fsp3) is 0.125. The molecule has 0 radical (unpaired) electrons. The first-order chi connectivity index (χ1) is 15.2. The fourth-order valence-corrected chi connectivity index (χ4v) is 3.55. The first-order valence-corrected chi connectivity index (χ1v) is 9.76. The highest BCUT2D eigenvalue weighted by Crippen LogP contribution is 2.34. The van der Waals surface area contributed by atoms with Crippen molar-refractivity contribution in [2.45, 2.75) is 12.5 Å². The number of benzene rings is 2. The zero-order valence-corrected chi connectivity index (χ0v) is 16.4. The number of fused-ring (bicyclic) bond motifs is 1. The Morgan fingerprint density at radius 2 is 2.00 bits per heavy atom. The molecule has 31 heavy (non-hydrogen) atoms. The van der Waals surface area contributed by atoms with Gasteiger partial charge in [-0.15, -0.1) is 0 Å². The van der Waals surface area contributed by atoms with E-state index in [9.17, 15) is 4.79 Å². The van der Waals surface area contributed by atoms with Gasteiger partial charge in [0.15, 0.2) is 12.4 Å². The molecule has 0 N–H and O–H groups in total. The van der Waals surface area contributed by atoms with Gasteiger partial charge in [-0.2, -0.15) is 10.4 Å². The number of furan rings is 2. The summed E-state index contributed by atoms with van der Waals surface area (Å²) < 4.78 is 17.1. The van der Waals surface area contributed by atoms with Crippen molar-refractivity contribution in [1.82, 2.24) is 5.01 Å². The smallest absolute Gasteiger partial charge is 0.281 e. The molecule has 5 rings (SSSR count). The van der Waals surface area contributed by atoms with Crippen LogP contribution in [0.4, 0.5) is 0 Å². The third kappa shape index (κ3) is 3.67. The number of amides is 1. The van der Waals surface area contributed by atoms with Gasteiger partial charge in [-0.25, -0.2) is 5.01 Å². The summed E-state index contributed by atoms with van der Waals surface area (Å²) in [4.78, 5) is 13.0. The van der Waals surface area contributed by atoms with Crippen LogP contribution in [0.3, 0.4) is 0 Å². The zero-order valence-electron chi connectivity index (χ0n) is 16.4. The summed E-state index contributed by atoms with van der Waals surface area (Å²) in [6, 6.07) is 21.5. The van der Waals surface area contributed by atoms with Gasteiger partial charge in [0, 0.05) is 11.8 Å². The van der Waals surface area contributed by atoms with Crippen molar-refractivity contribution in [1.29, 1.82) is 5.26 Å². The molecule has 1 unspecified atom stereocenters. The molecule has 4 aromatic rings. The van der Waals surface area contributed by atoms with Gasteiger partial charge in [0.25, 0.3) is 5.91 Å². The largest absolute Gasteiger partial charge is 0.484 e. The summed E-state index contributed by atoms with van der Waals surface area (Å²) in [6.07, 6.45) is 2.04. The van der Waals surface area contributed by atoms with Gasteiger partial charge in [0.2, 0.25) is 0 Å². The average Bonchev–Trinajstić information content (AvgIpc) is 3.56. The van der Waals surface area contributed by atoms with Crippen molar-refractivity contribution in [3.8, 4) is 11.8 Å². The lowest BCUT2D eigenvalue weighted by molar-refractivity contribution is -0.135. The molecule has 1 aliphatic heterocycles. The van der Waals surface area contributed by atoms with Crippen molar-refractivity contribution in [2.75, 3.05) is 6.61 Å². The quantitative estimate of drug-likeness (QED) is 0.476. The monoisotopic (exact) mass is 411 g/mol. The standard InChI is InChI=1S/C24H17N3O4/c25-14-16-7-9-18(10-8-16)30-15-24(28)27-20(22-6-3-11-29-22)13-19(26-27)23-12-17-4-1-2-5-21(17)31-23/h1-12,20H,13,15H2. The second-order valence-corrected chi connectivity index (χ2v) is 7.09. The number of hydrogen-bond acceptors (Lipinski definition) is 6. The van der Waals surface area contributed by atoms with Crippen LogP contribution in [0.25, 0.3) is 11.0 Å². The Kier molecular flexibility index (Phi) is 4.73. The second kappa shape index (κ2) is 7.84. The van der Waals surface area contributed by atoms with Crippen LogP contribution in [0.2, 0.25) is 0 Å². The Hall–Kier alpha value is -4.31. The molecule has 7 nitrogen and oxygen atoms in total. The molecular formula is C24H17N3O4. The van der Waals surface area contributed by atoms with E-state index in [4.69, 9.17) is 18.8 Å². The van der Waals surface area contributed by atoms with Gasteiger partial charge in [-0.1, -0.05) is 18.2 Å². The number of rotatable bonds is 5. The average molecular weight is 411 g/mol. The van der Waals surface area contributed by atoms with Gasteiger partial charge in [0.05, 0.1) is 17.9 Å². The molecule has 1 amide bonds. The Labute approximate surface area is 177 Å². The van der Waals surface area contributed by atoms with Crippen molar-refractivity contribution >= 4 is 22.6 Å². The molecule has 0 aliphatic carbocycles. The third-order valence-corrected chi connectivity index (χ3v) is 5.09. The maximum Gasteiger partial charge on any atom is 0.281 e. The Bertz CT molecular complexity index is 1260. The van der Waals surface area contributed by atoms with Crippen LogP contribution in [0.5, 0.6) is 5.75 Å². The van der Waals surface area contributed by atoms with Gasteiger partial charge >= 0.3 is 0 Å². The lowest BCUT2D eigenvalue weighted by Gasteiger charge is -2.19. The summed E-state index contributed by atoms with van der Waals surface area (Å²) >= 11 is 0. The Morgan fingerprint density at radius 3 is 2.74 bits per heavy atom. The molecule has 3 heterocycles. The number of para-hydroxylation sites is 1. The van der Waals surface area contributed by atoms with E-state index in [0.717, 1.165) is 11.0 Å². The first-order valence-electron chi connectivity index (χ1n) is 9.76. The minimum Gasteiger partial charge on any atom is -0.484 e. The molecule has 1 aliphatic rings. The zero-order chi connectivity index (χ0) is 21.2. The van der Waals surface area contributed by atoms with Crippen LogP contribution in [-0.4, -0.2) is 23.2 Å². The third-order valence-electron chi connectivity index (χ3n) is 5.09. The van der Waals surface area contributed by atoms with E-state index < -0.39 is 0 Å². The number of carbonyl (C=O) groups excluding carboxylic acids is 1. The highest BCUT2D eigenvalue weighted by atomic mass is 16.5. The van der Waals surface area contributed by atoms with Crippen LogP contribution in [-0.2, 0) is 4.79 Å². The summed E-state index contributed by atoms with van der Waals surface area (Å²) in [5.74, 6) is 1.46. The van der Waals surface area contributed by atoms with Gasteiger partial charge in [0.1, 0.15) is 28.8 Å². The number of ether oxygens (including phenoxy) is 1. The van der Waals surface area contributed by atoms with Crippen molar-refractivity contribution in [3.05, 3.63) is 90.1 Å². The number of nitrogens with zero attached hydrogens (tertiary/aromatic N) is 3. The lowest BCUT2D eigenvalue weighted by Crippen LogP contribution is -2.31. The van der Waals surface area contributed by atoms with Crippen LogP contribution in [0.1, 0.15) is 29.5 Å². The maximum atomic E-state index is 13.0. The topological polar surface area (TPSA) is 92.0 Å². The van der Waals surface area contributed by atoms with Crippen molar-refractivity contribution in [2.24, 2.45) is 5.10 Å². The van der Waals surface area contributed by atoms with Gasteiger partial charge < -0.3 is 13.6 Å². The molecule has 0 saturated heterocycles. The van der Waals surface area contributed by atoms with Crippen LogP contribution >= 0.6 is 0 Å². The van der Waals surface area contributed by atoms with E-state index in [1.807, 2.05) is 42.5 Å². The predicted molar refractivity (Wildman–Crippen MR) is 112 cm³/mol. The molecule has 0 spiro atoms. The highest BCUT2D eigenvalue weighted by molar-refractivity contribution is 6.03. The van der Waals surface area contributed by atoms with E-state index in [0.29, 0.717) is 35.0 Å². The van der Waals surface area contributed by atoms with E-state index in [-0.39, 0.29) is 18.6 Å². The van der Waals surface area contributed by atoms with Crippen LogP contribution in [0, 0.1) is 11.3 Å². The molecule has 0 bridgehead atoms. The van der Waals surface area contributed by atoms with Gasteiger partial charge in [-0.3, -0.25) is 4.79 Å². The maximum absolute atomic E-state index is 13.0. The first kappa shape index (κ1) is 18.7. The number of carbonyl (C=O) groups is 1. The molecule has 0 saturated carbocycles. The van der Waals surface area contributed by atoms with Crippen LogP contribution < -0.4 is 4.74 Å².